The molecule has 1 aliphatic rings. The number of nitrogens with two attached hydrogens (primary N) is 1. The fraction of sp³-hybridized carbons (Fsp3) is 0.273. The van der Waals surface area contributed by atoms with Crippen molar-refractivity contribution < 1.29 is 0 Å². The molecule has 0 unspecified atom stereocenters. The summed E-state index contributed by atoms with van der Waals surface area (Å²) >= 11 is 3.44. The second-order valence-corrected chi connectivity index (χ2v) is 8.07. The minimum Gasteiger partial charge on any atom is -0.341 e. The van der Waals surface area contributed by atoms with Crippen molar-refractivity contribution in [2.24, 2.45) is 10.8 Å². The van der Waals surface area contributed by atoms with Crippen LogP contribution < -0.4 is 16.1 Å². The van der Waals surface area contributed by atoms with Gasteiger partial charge in [-0.15, -0.1) is 0 Å². The van der Waals surface area contributed by atoms with Gasteiger partial charge in [0.25, 0.3) is 0 Å². The van der Waals surface area contributed by atoms with Crippen molar-refractivity contribution in [2.75, 3.05) is 23.4 Å². The largest absolute Gasteiger partial charge is 0.341 e. The summed E-state index contributed by atoms with van der Waals surface area (Å²) in [6.45, 7) is 2.42. The van der Waals surface area contributed by atoms with Crippen LogP contribution in [0.3, 0.4) is 0 Å². The number of hydrogen-bond donors (Lipinski definition) is 2. The number of nitrogens with zero attached hydrogens (tertiary/aromatic N) is 5. The zero-order valence-corrected chi connectivity index (χ0v) is 18.2. The molecule has 0 spiro atoms. The molecular formula is C22H24BrN7. The first kappa shape index (κ1) is 20.4. The highest BCUT2D eigenvalue weighted by atomic mass is 79.9. The lowest BCUT2D eigenvalue weighted by molar-refractivity contribution is 0.568. The molecule has 0 amide bonds. The zero-order valence-electron chi connectivity index (χ0n) is 16.6. The lowest BCUT2D eigenvalue weighted by Crippen LogP contribution is -2.31. The van der Waals surface area contributed by atoms with E-state index in [4.69, 9.17) is 10.7 Å². The van der Waals surface area contributed by atoms with Gasteiger partial charge in [0, 0.05) is 29.7 Å². The van der Waals surface area contributed by atoms with Gasteiger partial charge >= 0.3 is 0 Å². The van der Waals surface area contributed by atoms with Gasteiger partial charge in [0.2, 0.25) is 11.9 Å². The maximum atomic E-state index is 5.72. The SMILES string of the molecule is NCc1ccc(-c2nc(N/N=C/c3ccc(Br)cc3)nc(N3CCCCC3)n2)cc1. The Hall–Kier alpha value is -2.84. The van der Waals surface area contributed by atoms with Crippen molar-refractivity contribution in [3.63, 3.8) is 0 Å². The van der Waals surface area contributed by atoms with Gasteiger partial charge in [0.15, 0.2) is 5.82 Å². The molecular weight excluding hydrogens is 442 g/mol. The van der Waals surface area contributed by atoms with Gasteiger partial charge in [-0.25, -0.2) is 5.43 Å². The Labute approximate surface area is 184 Å². The fourth-order valence-electron chi connectivity index (χ4n) is 3.28. The molecule has 0 atom stereocenters. The van der Waals surface area contributed by atoms with Crippen LogP contribution in [0.1, 0.15) is 30.4 Å². The molecule has 30 heavy (non-hydrogen) atoms. The van der Waals surface area contributed by atoms with Crippen molar-refractivity contribution in [3.05, 3.63) is 64.1 Å². The number of anilines is 2. The molecule has 0 radical (unpaired) electrons. The van der Waals surface area contributed by atoms with Crippen molar-refractivity contribution in [1.82, 2.24) is 15.0 Å². The molecule has 1 fully saturated rings. The summed E-state index contributed by atoms with van der Waals surface area (Å²) < 4.78 is 1.03. The summed E-state index contributed by atoms with van der Waals surface area (Å²) in [5, 5.41) is 4.31. The van der Waals surface area contributed by atoms with Crippen LogP contribution in [0.5, 0.6) is 0 Å². The average Bonchev–Trinajstić information content (AvgIpc) is 2.81. The van der Waals surface area contributed by atoms with E-state index in [0.717, 1.165) is 47.1 Å². The Balaban J connectivity index is 1.61. The molecule has 3 aromatic rings. The van der Waals surface area contributed by atoms with Crippen molar-refractivity contribution in [1.29, 1.82) is 0 Å². The lowest BCUT2D eigenvalue weighted by Gasteiger charge is -2.26. The van der Waals surface area contributed by atoms with Gasteiger partial charge in [0.05, 0.1) is 6.21 Å². The minimum atomic E-state index is 0.428. The van der Waals surface area contributed by atoms with Crippen LogP contribution in [0.2, 0.25) is 0 Å². The molecule has 0 saturated carbocycles. The third kappa shape index (κ3) is 5.20. The van der Waals surface area contributed by atoms with E-state index in [1.165, 1.54) is 6.42 Å². The van der Waals surface area contributed by atoms with Gasteiger partial charge in [-0.3, -0.25) is 0 Å². The number of aromatic nitrogens is 3. The molecule has 2 aromatic carbocycles. The van der Waals surface area contributed by atoms with Crippen LogP contribution >= 0.6 is 15.9 Å². The molecule has 4 rings (SSSR count). The van der Waals surface area contributed by atoms with E-state index in [0.29, 0.717) is 24.3 Å². The number of hydrazone groups is 1. The van der Waals surface area contributed by atoms with Crippen LogP contribution in [0, 0.1) is 0 Å². The van der Waals surface area contributed by atoms with Crippen LogP contribution in [-0.2, 0) is 6.54 Å². The smallest absolute Gasteiger partial charge is 0.248 e. The summed E-state index contributed by atoms with van der Waals surface area (Å²) in [7, 11) is 0. The Kier molecular flexibility index (Phi) is 6.66. The molecule has 1 aliphatic heterocycles. The molecule has 8 heteroatoms. The second kappa shape index (κ2) is 9.77. The summed E-state index contributed by atoms with van der Waals surface area (Å²) in [4.78, 5) is 16.1. The van der Waals surface area contributed by atoms with E-state index in [9.17, 15) is 0 Å². The van der Waals surface area contributed by atoms with Crippen LogP contribution in [0.15, 0.2) is 58.1 Å². The maximum Gasteiger partial charge on any atom is 0.248 e. The van der Waals surface area contributed by atoms with Crippen molar-refractivity contribution >= 4 is 34.0 Å². The highest BCUT2D eigenvalue weighted by Crippen LogP contribution is 2.22. The Bertz CT molecular complexity index is 997. The van der Waals surface area contributed by atoms with Crippen LogP contribution in [0.4, 0.5) is 11.9 Å². The van der Waals surface area contributed by atoms with Crippen LogP contribution in [0.25, 0.3) is 11.4 Å². The van der Waals surface area contributed by atoms with Gasteiger partial charge in [-0.05, 0) is 42.5 Å². The number of hydrogen-bond acceptors (Lipinski definition) is 7. The first-order valence-electron chi connectivity index (χ1n) is 10.1. The second-order valence-electron chi connectivity index (χ2n) is 7.15. The predicted molar refractivity (Wildman–Crippen MR) is 125 cm³/mol. The van der Waals surface area contributed by atoms with E-state index in [2.05, 4.69) is 41.3 Å². The van der Waals surface area contributed by atoms with Gasteiger partial charge < -0.3 is 10.6 Å². The molecule has 154 valence electrons. The number of nitrogens with one attached hydrogen (secondary N) is 1. The van der Waals surface area contributed by atoms with Crippen molar-refractivity contribution in [2.45, 2.75) is 25.8 Å². The van der Waals surface area contributed by atoms with E-state index >= 15 is 0 Å². The highest BCUT2D eigenvalue weighted by Gasteiger charge is 2.17. The van der Waals surface area contributed by atoms with Gasteiger partial charge in [-0.1, -0.05) is 52.3 Å². The third-order valence-corrected chi connectivity index (χ3v) is 5.49. The first-order valence-corrected chi connectivity index (χ1v) is 10.9. The Morgan fingerprint density at radius 1 is 0.967 bits per heavy atom. The fourth-order valence-corrected chi connectivity index (χ4v) is 3.55. The van der Waals surface area contributed by atoms with Crippen LogP contribution in [-0.4, -0.2) is 34.3 Å². The van der Waals surface area contributed by atoms with E-state index in [1.54, 1.807) is 6.21 Å². The predicted octanol–water partition coefficient (Wildman–Crippen LogP) is 4.20. The topological polar surface area (TPSA) is 92.3 Å². The number of halogens is 1. The minimum absolute atomic E-state index is 0.428. The van der Waals surface area contributed by atoms with Crippen molar-refractivity contribution in [3.8, 4) is 11.4 Å². The molecule has 7 nitrogen and oxygen atoms in total. The first-order chi connectivity index (χ1) is 14.7. The maximum absolute atomic E-state index is 5.72. The highest BCUT2D eigenvalue weighted by molar-refractivity contribution is 9.10. The van der Waals surface area contributed by atoms with Gasteiger partial charge in [-0.2, -0.15) is 20.1 Å². The monoisotopic (exact) mass is 465 g/mol. The normalized spacial score (nSPS) is 14.3. The van der Waals surface area contributed by atoms with E-state index in [1.807, 2.05) is 48.5 Å². The molecule has 1 aromatic heterocycles. The van der Waals surface area contributed by atoms with E-state index < -0.39 is 0 Å². The van der Waals surface area contributed by atoms with E-state index in [-0.39, 0.29) is 0 Å². The Morgan fingerprint density at radius 3 is 2.40 bits per heavy atom. The molecule has 3 N–H and O–H groups in total. The summed E-state index contributed by atoms with van der Waals surface area (Å²) in [5.41, 5.74) is 11.7. The summed E-state index contributed by atoms with van der Waals surface area (Å²) in [6, 6.07) is 15.9. The quantitative estimate of drug-likeness (QED) is 0.418. The molecule has 0 bridgehead atoms. The zero-order chi connectivity index (χ0) is 20.8. The Morgan fingerprint density at radius 2 is 1.70 bits per heavy atom. The lowest BCUT2D eigenvalue weighted by atomic mass is 10.1. The third-order valence-electron chi connectivity index (χ3n) is 4.96. The number of rotatable bonds is 6. The summed E-state index contributed by atoms with van der Waals surface area (Å²) in [5.74, 6) is 1.73. The molecule has 2 heterocycles. The summed E-state index contributed by atoms with van der Waals surface area (Å²) in [6.07, 6.45) is 5.29. The van der Waals surface area contributed by atoms with Gasteiger partial charge in [0.1, 0.15) is 0 Å². The average molecular weight is 466 g/mol. The number of piperidine rings is 1. The standard InChI is InChI=1S/C22H24BrN7/c23-19-10-6-17(7-11-19)15-25-29-21-26-20(18-8-4-16(14-24)5-9-18)27-22(28-21)30-12-2-1-3-13-30/h4-11,15H,1-3,12-14,24H2,(H,26,27,28,29)/b25-15+. The molecule has 0 aliphatic carbocycles. The number of benzene rings is 2. The molecule has 1 saturated heterocycles.